The van der Waals surface area contributed by atoms with E-state index in [2.05, 4.69) is 85.6 Å². The number of hydrogen-bond donors (Lipinski definition) is 0. The Labute approximate surface area is 169 Å². The first-order chi connectivity index (χ1) is 13.7. The van der Waals surface area contributed by atoms with Crippen molar-refractivity contribution in [2.75, 3.05) is 0 Å². The van der Waals surface area contributed by atoms with Gasteiger partial charge in [-0.2, -0.15) is 0 Å². The van der Waals surface area contributed by atoms with Gasteiger partial charge in [-0.15, -0.1) is 0 Å². The molecule has 0 aliphatic rings. The van der Waals surface area contributed by atoms with Gasteiger partial charge >= 0.3 is 0 Å². The first-order valence-electron chi connectivity index (χ1n) is 10.2. The van der Waals surface area contributed by atoms with Crippen LogP contribution in [0.5, 0.6) is 0 Å². The summed E-state index contributed by atoms with van der Waals surface area (Å²) in [5.74, 6) is 0. The third kappa shape index (κ3) is 4.45. The summed E-state index contributed by atoms with van der Waals surface area (Å²) in [6.07, 6.45) is 4.10. The normalized spacial score (nSPS) is 10.4. The van der Waals surface area contributed by atoms with Crippen molar-refractivity contribution in [3.63, 3.8) is 0 Å². The SMILES string of the molecule is CC.CCCc1ccc2nc(-c3ccc(-c4ccc(C)cc4)cc3)cnc2c1.[HH]. The third-order valence-corrected chi connectivity index (χ3v) is 4.71. The zero-order valence-corrected chi connectivity index (χ0v) is 17.2. The van der Waals surface area contributed by atoms with E-state index in [-0.39, 0.29) is 1.43 Å². The van der Waals surface area contributed by atoms with Crippen molar-refractivity contribution in [1.29, 1.82) is 0 Å². The molecule has 28 heavy (non-hydrogen) atoms. The monoisotopic (exact) mass is 370 g/mol. The Kier molecular flexibility index (Phi) is 6.54. The molecule has 0 aliphatic carbocycles. The molecule has 0 atom stereocenters. The Morgan fingerprint density at radius 2 is 1.36 bits per heavy atom. The van der Waals surface area contributed by atoms with E-state index in [4.69, 9.17) is 4.98 Å². The number of fused-ring (bicyclic) bond motifs is 1. The number of aryl methyl sites for hydroxylation is 2. The summed E-state index contributed by atoms with van der Waals surface area (Å²) >= 11 is 0. The average Bonchev–Trinajstić information content (AvgIpc) is 2.76. The van der Waals surface area contributed by atoms with Crippen LogP contribution in [0.4, 0.5) is 0 Å². The lowest BCUT2D eigenvalue weighted by molar-refractivity contribution is 0.923. The van der Waals surface area contributed by atoms with Crippen molar-refractivity contribution in [1.82, 2.24) is 9.97 Å². The van der Waals surface area contributed by atoms with Gasteiger partial charge < -0.3 is 0 Å². The zero-order chi connectivity index (χ0) is 19.9. The molecular weight excluding hydrogens is 340 g/mol. The largest absolute Gasteiger partial charge is 0.252 e. The van der Waals surface area contributed by atoms with Crippen LogP contribution in [-0.2, 0) is 6.42 Å². The molecule has 0 bridgehead atoms. The van der Waals surface area contributed by atoms with E-state index in [1.807, 2.05) is 20.0 Å². The molecule has 1 aromatic heterocycles. The van der Waals surface area contributed by atoms with Crippen molar-refractivity contribution in [3.8, 4) is 22.4 Å². The van der Waals surface area contributed by atoms with Gasteiger partial charge in [0.1, 0.15) is 0 Å². The molecule has 0 spiro atoms. The summed E-state index contributed by atoms with van der Waals surface area (Å²) in [6, 6.07) is 23.5. The van der Waals surface area contributed by atoms with Crippen LogP contribution in [0.1, 0.15) is 39.7 Å². The fraction of sp³-hybridized carbons (Fsp3) is 0.231. The molecule has 3 aromatic carbocycles. The number of hydrogen-bond acceptors (Lipinski definition) is 2. The molecule has 144 valence electrons. The molecular formula is C26H30N2. The van der Waals surface area contributed by atoms with Gasteiger partial charge in [-0.3, -0.25) is 4.98 Å². The lowest BCUT2D eigenvalue weighted by Crippen LogP contribution is -1.91. The molecule has 2 nitrogen and oxygen atoms in total. The van der Waals surface area contributed by atoms with E-state index in [1.54, 1.807) is 0 Å². The van der Waals surface area contributed by atoms with Gasteiger partial charge in [0, 0.05) is 6.99 Å². The van der Waals surface area contributed by atoms with Crippen LogP contribution in [-0.4, -0.2) is 9.97 Å². The van der Waals surface area contributed by atoms with E-state index in [0.717, 1.165) is 35.1 Å². The second-order valence-electron chi connectivity index (χ2n) is 6.77. The van der Waals surface area contributed by atoms with E-state index < -0.39 is 0 Å². The maximum Gasteiger partial charge on any atom is 0.0894 e. The average molecular weight is 371 g/mol. The van der Waals surface area contributed by atoms with E-state index in [0.29, 0.717) is 0 Å². The van der Waals surface area contributed by atoms with Crippen LogP contribution in [0.2, 0.25) is 0 Å². The van der Waals surface area contributed by atoms with Gasteiger partial charge in [-0.25, -0.2) is 4.98 Å². The minimum Gasteiger partial charge on any atom is -0.252 e. The van der Waals surface area contributed by atoms with Gasteiger partial charge in [0.15, 0.2) is 0 Å². The van der Waals surface area contributed by atoms with Crippen molar-refractivity contribution in [2.45, 2.75) is 40.5 Å². The highest BCUT2D eigenvalue weighted by molar-refractivity contribution is 5.78. The summed E-state index contributed by atoms with van der Waals surface area (Å²) in [4.78, 5) is 9.43. The smallest absolute Gasteiger partial charge is 0.0894 e. The van der Waals surface area contributed by atoms with E-state index in [1.165, 1.54) is 22.3 Å². The second-order valence-corrected chi connectivity index (χ2v) is 6.77. The highest BCUT2D eigenvalue weighted by Crippen LogP contribution is 2.25. The van der Waals surface area contributed by atoms with Crippen molar-refractivity contribution < 1.29 is 1.43 Å². The second kappa shape index (κ2) is 9.27. The fourth-order valence-electron chi connectivity index (χ4n) is 3.22. The number of aromatic nitrogens is 2. The topological polar surface area (TPSA) is 25.8 Å². The van der Waals surface area contributed by atoms with Gasteiger partial charge in [0.2, 0.25) is 0 Å². The minimum absolute atomic E-state index is 0. The summed E-state index contributed by atoms with van der Waals surface area (Å²) in [7, 11) is 0. The lowest BCUT2D eigenvalue weighted by atomic mass is 10.0. The Bertz CT molecular complexity index is 1040. The zero-order valence-electron chi connectivity index (χ0n) is 17.2. The number of rotatable bonds is 4. The molecule has 0 unspecified atom stereocenters. The molecule has 0 radical (unpaired) electrons. The molecule has 2 heteroatoms. The fourth-order valence-corrected chi connectivity index (χ4v) is 3.22. The Balaban J connectivity index is 0.000000970. The Hall–Kier alpha value is -3.00. The van der Waals surface area contributed by atoms with Gasteiger partial charge in [-0.05, 0) is 42.2 Å². The summed E-state index contributed by atoms with van der Waals surface area (Å²) < 4.78 is 0. The summed E-state index contributed by atoms with van der Waals surface area (Å²) in [6.45, 7) is 8.30. The predicted octanol–water partition coefficient (Wildman–Crippen LogP) is 7.50. The van der Waals surface area contributed by atoms with Crippen molar-refractivity contribution in [3.05, 3.63) is 84.1 Å². The third-order valence-electron chi connectivity index (χ3n) is 4.71. The molecule has 4 rings (SSSR count). The molecule has 1 heterocycles. The standard InChI is InChI=1S/C24H22N2.C2H6.H2/c1-3-4-18-7-14-22-23(15-18)25-16-24(26-22)21-12-10-20(11-13-21)19-8-5-17(2)6-9-19;1-2;/h5-16H,3-4H2,1-2H3;1-2H3;1H. The molecule has 0 fully saturated rings. The number of nitrogens with zero attached hydrogens (tertiary/aromatic N) is 2. The highest BCUT2D eigenvalue weighted by atomic mass is 14.8. The molecule has 0 N–H and O–H groups in total. The molecule has 0 aliphatic heterocycles. The highest BCUT2D eigenvalue weighted by Gasteiger charge is 2.05. The summed E-state index contributed by atoms with van der Waals surface area (Å²) in [5.41, 5.74) is 8.97. The van der Waals surface area contributed by atoms with Crippen LogP contribution >= 0.6 is 0 Å². The van der Waals surface area contributed by atoms with Gasteiger partial charge in [-0.1, -0.05) is 87.4 Å². The van der Waals surface area contributed by atoms with Crippen LogP contribution in [0, 0.1) is 6.92 Å². The van der Waals surface area contributed by atoms with E-state index in [9.17, 15) is 0 Å². The Morgan fingerprint density at radius 1 is 0.750 bits per heavy atom. The van der Waals surface area contributed by atoms with Crippen LogP contribution < -0.4 is 0 Å². The van der Waals surface area contributed by atoms with Crippen LogP contribution in [0.15, 0.2) is 72.9 Å². The Morgan fingerprint density at radius 3 is 2.00 bits per heavy atom. The first kappa shape index (κ1) is 19.8. The number of benzene rings is 3. The van der Waals surface area contributed by atoms with E-state index >= 15 is 0 Å². The first-order valence-corrected chi connectivity index (χ1v) is 10.2. The minimum atomic E-state index is 0. The lowest BCUT2D eigenvalue weighted by Gasteiger charge is -2.07. The molecule has 0 amide bonds. The maximum atomic E-state index is 4.80. The van der Waals surface area contributed by atoms with Crippen molar-refractivity contribution >= 4 is 11.0 Å². The van der Waals surface area contributed by atoms with Crippen molar-refractivity contribution in [2.24, 2.45) is 0 Å². The quantitative estimate of drug-likeness (QED) is 0.372. The van der Waals surface area contributed by atoms with Crippen LogP contribution in [0.3, 0.4) is 0 Å². The van der Waals surface area contributed by atoms with Gasteiger partial charge in [0.05, 0.1) is 22.9 Å². The van der Waals surface area contributed by atoms with Crippen LogP contribution in [0.25, 0.3) is 33.4 Å². The molecule has 0 saturated carbocycles. The maximum absolute atomic E-state index is 4.80. The summed E-state index contributed by atoms with van der Waals surface area (Å²) in [5, 5.41) is 0. The molecule has 0 saturated heterocycles. The predicted molar refractivity (Wildman–Crippen MR) is 123 cm³/mol. The van der Waals surface area contributed by atoms with Gasteiger partial charge in [0.25, 0.3) is 0 Å². The molecule has 4 aromatic rings.